The second-order valence-corrected chi connectivity index (χ2v) is 6.15. The van der Waals surface area contributed by atoms with Gasteiger partial charge in [0.2, 0.25) is 0 Å². The molecule has 29 heavy (non-hydrogen) atoms. The monoisotopic (exact) mass is 385 g/mol. The summed E-state index contributed by atoms with van der Waals surface area (Å²) in [6, 6.07) is 24.2. The molecule has 4 rings (SSSR count). The fourth-order valence-corrected chi connectivity index (χ4v) is 2.86. The lowest BCUT2D eigenvalue weighted by atomic mass is 10.1. The highest BCUT2D eigenvalue weighted by molar-refractivity contribution is 5.71. The topological polar surface area (TPSA) is 106 Å². The number of aromatic amines is 1. The number of benzene rings is 3. The van der Waals surface area contributed by atoms with E-state index in [2.05, 4.69) is 15.3 Å². The Morgan fingerprint density at radius 3 is 2.24 bits per heavy atom. The van der Waals surface area contributed by atoms with Crippen molar-refractivity contribution < 1.29 is 4.92 Å². The van der Waals surface area contributed by atoms with Gasteiger partial charge in [-0.15, -0.1) is 5.11 Å². The van der Waals surface area contributed by atoms with Gasteiger partial charge in [-0.1, -0.05) is 54.6 Å². The summed E-state index contributed by atoms with van der Waals surface area (Å²) in [5.74, 6) is 0. The molecule has 1 N–H and O–H groups in total. The van der Waals surface area contributed by atoms with E-state index in [0.717, 1.165) is 5.56 Å². The predicted octanol–water partition coefficient (Wildman–Crippen LogP) is 5.16. The third-order valence-electron chi connectivity index (χ3n) is 4.25. The van der Waals surface area contributed by atoms with Gasteiger partial charge in [0, 0.05) is 17.7 Å². The number of nitrogens with one attached hydrogen (secondary N) is 1. The first-order valence-corrected chi connectivity index (χ1v) is 8.75. The third-order valence-corrected chi connectivity index (χ3v) is 4.25. The van der Waals surface area contributed by atoms with Crippen molar-refractivity contribution in [1.82, 2.24) is 9.78 Å². The lowest BCUT2D eigenvalue weighted by Crippen LogP contribution is -2.13. The Morgan fingerprint density at radius 1 is 0.862 bits per heavy atom. The van der Waals surface area contributed by atoms with Crippen molar-refractivity contribution >= 4 is 17.1 Å². The maximum Gasteiger partial charge on any atom is 0.299 e. The van der Waals surface area contributed by atoms with Gasteiger partial charge in [0.05, 0.1) is 22.0 Å². The first kappa shape index (κ1) is 18.1. The fourth-order valence-electron chi connectivity index (χ4n) is 2.86. The molecule has 0 radical (unpaired) electrons. The summed E-state index contributed by atoms with van der Waals surface area (Å²) in [7, 11) is 0. The third kappa shape index (κ3) is 3.72. The smallest absolute Gasteiger partial charge is 0.288 e. The molecule has 0 spiro atoms. The second kappa shape index (κ2) is 7.73. The van der Waals surface area contributed by atoms with Crippen molar-refractivity contribution in [1.29, 1.82) is 0 Å². The molecule has 142 valence electrons. The zero-order valence-corrected chi connectivity index (χ0v) is 15.1. The Hall–Kier alpha value is -4.33. The van der Waals surface area contributed by atoms with Crippen molar-refractivity contribution in [3.8, 4) is 16.9 Å². The van der Waals surface area contributed by atoms with Gasteiger partial charge in [-0.25, -0.2) is 4.68 Å². The minimum atomic E-state index is -0.507. The molecule has 8 nitrogen and oxygen atoms in total. The van der Waals surface area contributed by atoms with Crippen LogP contribution in [0.4, 0.5) is 17.1 Å². The zero-order chi connectivity index (χ0) is 20.2. The van der Waals surface area contributed by atoms with Crippen LogP contribution in [0.3, 0.4) is 0 Å². The molecule has 1 aromatic heterocycles. The van der Waals surface area contributed by atoms with Crippen LogP contribution in [0.2, 0.25) is 0 Å². The van der Waals surface area contributed by atoms with E-state index >= 15 is 0 Å². The van der Waals surface area contributed by atoms with Gasteiger partial charge in [-0.3, -0.25) is 20.0 Å². The van der Waals surface area contributed by atoms with E-state index in [4.69, 9.17) is 0 Å². The molecule has 0 aliphatic carbocycles. The van der Waals surface area contributed by atoms with Crippen LogP contribution in [0, 0.1) is 10.1 Å². The van der Waals surface area contributed by atoms with Gasteiger partial charge < -0.3 is 0 Å². The van der Waals surface area contributed by atoms with Crippen molar-refractivity contribution in [3.05, 3.63) is 105 Å². The minimum absolute atomic E-state index is 0.0968. The minimum Gasteiger partial charge on any atom is -0.288 e. The molecule has 0 atom stereocenters. The van der Waals surface area contributed by atoms with Crippen LogP contribution in [0.15, 0.2) is 100.0 Å². The van der Waals surface area contributed by atoms with E-state index in [-0.39, 0.29) is 22.6 Å². The number of nitro groups is 1. The molecule has 0 saturated heterocycles. The van der Waals surface area contributed by atoms with Crippen LogP contribution in [-0.4, -0.2) is 14.7 Å². The molecular weight excluding hydrogens is 370 g/mol. The van der Waals surface area contributed by atoms with Crippen molar-refractivity contribution in [2.24, 2.45) is 10.2 Å². The van der Waals surface area contributed by atoms with Crippen LogP contribution in [-0.2, 0) is 0 Å². The van der Waals surface area contributed by atoms with Crippen LogP contribution < -0.4 is 5.56 Å². The van der Waals surface area contributed by atoms with E-state index in [1.54, 1.807) is 18.2 Å². The summed E-state index contributed by atoms with van der Waals surface area (Å²) in [6.07, 6.45) is 0. The number of nitro benzene ring substituents is 1. The van der Waals surface area contributed by atoms with Gasteiger partial charge in [0.1, 0.15) is 0 Å². The highest BCUT2D eigenvalue weighted by Crippen LogP contribution is 2.28. The Bertz CT molecular complexity index is 1240. The zero-order valence-electron chi connectivity index (χ0n) is 15.1. The molecule has 0 bridgehead atoms. The largest absolute Gasteiger partial charge is 0.299 e. The number of hydrogen-bond donors (Lipinski definition) is 1. The number of nitrogens with zero attached hydrogens (tertiary/aromatic N) is 4. The quantitative estimate of drug-likeness (QED) is 0.291. The van der Waals surface area contributed by atoms with E-state index in [0.29, 0.717) is 11.4 Å². The predicted molar refractivity (Wildman–Crippen MR) is 109 cm³/mol. The molecule has 8 heteroatoms. The Balaban J connectivity index is 1.83. The first-order chi connectivity index (χ1) is 14.1. The van der Waals surface area contributed by atoms with E-state index in [1.807, 2.05) is 48.5 Å². The van der Waals surface area contributed by atoms with Gasteiger partial charge in [0.25, 0.3) is 11.2 Å². The maximum atomic E-state index is 13.0. The number of para-hydroxylation sites is 1. The van der Waals surface area contributed by atoms with Crippen molar-refractivity contribution in [3.63, 3.8) is 0 Å². The number of non-ortho nitro benzene ring substituents is 1. The SMILES string of the molecule is O=c1c(N=Nc2cccc([N+](=O)[O-])c2)c(-c2ccccc2)[nH]n1-c1ccccc1. The summed E-state index contributed by atoms with van der Waals surface area (Å²) in [5, 5.41) is 22.2. The highest BCUT2D eigenvalue weighted by Gasteiger charge is 2.17. The molecule has 0 amide bonds. The van der Waals surface area contributed by atoms with Gasteiger partial charge in [-0.05, 0) is 18.2 Å². The molecule has 0 fully saturated rings. The lowest BCUT2D eigenvalue weighted by Gasteiger charge is -2.01. The first-order valence-electron chi connectivity index (χ1n) is 8.75. The molecule has 0 saturated carbocycles. The van der Waals surface area contributed by atoms with Crippen LogP contribution in [0.1, 0.15) is 0 Å². The summed E-state index contributed by atoms with van der Waals surface area (Å²) < 4.78 is 1.39. The average Bonchev–Trinajstić information content (AvgIpc) is 3.10. The van der Waals surface area contributed by atoms with Gasteiger partial charge >= 0.3 is 0 Å². The van der Waals surface area contributed by atoms with E-state index in [9.17, 15) is 14.9 Å². The second-order valence-electron chi connectivity index (χ2n) is 6.15. The van der Waals surface area contributed by atoms with E-state index in [1.165, 1.54) is 22.9 Å². The number of aromatic nitrogens is 2. The Morgan fingerprint density at radius 2 is 1.55 bits per heavy atom. The normalized spacial score (nSPS) is 11.0. The standard InChI is InChI=1S/C21H15N5O3/c27-21-20(23-22-16-10-7-13-18(14-16)26(28)29)19(15-8-3-1-4-9-15)24-25(21)17-11-5-2-6-12-17/h1-14,24H. The Kier molecular flexibility index (Phi) is 4.81. The highest BCUT2D eigenvalue weighted by atomic mass is 16.6. The molecule has 1 heterocycles. The number of azo groups is 1. The molecule has 0 unspecified atom stereocenters. The average molecular weight is 385 g/mol. The van der Waals surface area contributed by atoms with Crippen molar-refractivity contribution in [2.75, 3.05) is 0 Å². The Labute approximate surface area is 164 Å². The maximum absolute atomic E-state index is 13.0. The summed E-state index contributed by atoms with van der Waals surface area (Å²) in [5.41, 5.74) is 1.87. The summed E-state index contributed by atoms with van der Waals surface area (Å²) in [6.45, 7) is 0. The molecule has 4 aromatic rings. The lowest BCUT2D eigenvalue weighted by molar-refractivity contribution is -0.384. The number of hydrogen-bond acceptors (Lipinski definition) is 5. The van der Waals surface area contributed by atoms with Gasteiger partial charge in [-0.2, -0.15) is 5.11 Å². The number of H-pyrrole nitrogens is 1. The van der Waals surface area contributed by atoms with E-state index < -0.39 is 4.92 Å². The number of rotatable bonds is 5. The van der Waals surface area contributed by atoms with Crippen LogP contribution in [0.5, 0.6) is 0 Å². The summed E-state index contributed by atoms with van der Waals surface area (Å²) in [4.78, 5) is 23.5. The molecule has 3 aromatic carbocycles. The molecule has 0 aliphatic rings. The van der Waals surface area contributed by atoms with Crippen LogP contribution >= 0.6 is 0 Å². The van der Waals surface area contributed by atoms with Crippen LogP contribution in [0.25, 0.3) is 16.9 Å². The molecule has 0 aliphatic heterocycles. The summed E-state index contributed by atoms with van der Waals surface area (Å²) >= 11 is 0. The van der Waals surface area contributed by atoms with Gasteiger partial charge in [0.15, 0.2) is 5.69 Å². The fraction of sp³-hybridized carbons (Fsp3) is 0. The molecular formula is C21H15N5O3. The van der Waals surface area contributed by atoms with Crippen molar-refractivity contribution in [2.45, 2.75) is 0 Å².